The predicted octanol–water partition coefficient (Wildman–Crippen LogP) is 2.11. The van der Waals surface area contributed by atoms with Crippen LogP contribution in [0.4, 0.5) is 10.7 Å². The highest BCUT2D eigenvalue weighted by Gasteiger charge is 2.26. The molecule has 1 aliphatic heterocycles. The van der Waals surface area contributed by atoms with Crippen molar-refractivity contribution in [2.24, 2.45) is 0 Å². The van der Waals surface area contributed by atoms with Crippen molar-refractivity contribution in [3.63, 3.8) is 0 Å². The molecule has 1 aromatic carbocycles. The highest BCUT2D eigenvalue weighted by atomic mass is 32.2. The van der Waals surface area contributed by atoms with Crippen LogP contribution in [0.1, 0.15) is 20.8 Å². The zero-order chi connectivity index (χ0) is 21.9. The molecule has 0 radical (unpaired) electrons. The molecule has 0 aliphatic carbocycles. The SMILES string of the molecule is CNS(=O)(=O)c1ccc(-c2cnc(N3CCN(C(=O)OC(C)(C)C)CC3)nc2)cc1. The third kappa shape index (κ3) is 5.25. The van der Waals surface area contributed by atoms with Crippen LogP contribution in [-0.2, 0) is 14.8 Å². The number of hydrogen-bond acceptors (Lipinski definition) is 7. The minimum absolute atomic E-state index is 0.203. The van der Waals surface area contributed by atoms with Crippen molar-refractivity contribution in [3.8, 4) is 11.1 Å². The maximum absolute atomic E-state index is 12.2. The minimum atomic E-state index is -3.46. The highest BCUT2D eigenvalue weighted by Crippen LogP contribution is 2.22. The number of sulfonamides is 1. The molecule has 2 heterocycles. The number of anilines is 1. The molecule has 3 rings (SSSR count). The van der Waals surface area contributed by atoms with Crippen molar-refractivity contribution in [2.75, 3.05) is 38.1 Å². The Kier molecular flexibility index (Phi) is 6.27. The van der Waals surface area contributed by atoms with Gasteiger partial charge in [0, 0.05) is 44.1 Å². The van der Waals surface area contributed by atoms with E-state index < -0.39 is 15.6 Å². The molecule has 10 heteroatoms. The number of carbonyl (C=O) groups is 1. The lowest BCUT2D eigenvalue weighted by Gasteiger charge is -2.35. The summed E-state index contributed by atoms with van der Waals surface area (Å²) in [6.07, 6.45) is 3.12. The third-order valence-electron chi connectivity index (χ3n) is 4.62. The standard InChI is InChI=1S/C20H27N5O4S/c1-20(2,3)29-19(26)25-11-9-24(10-12-25)18-22-13-16(14-23-18)15-5-7-17(8-6-15)30(27,28)21-4/h5-8,13-14,21H,9-12H2,1-4H3. The molecule has 1 saturated heterocycles. The van der Waals surface area contributed by atoms with E-state index in [1.807, 2.05) is 25.7 Å². The quantitative estimate of drug-likeness (QED) is 0.787. The molecule has 1 amide bonds. The summed E-state index contributed by atoms with van der Waals surface area (Å²) < 4.78 is 31.4. The molecule has 1 aromatic heterocycles. The summed E-state index contributed by atoms with van der Waals surface area (Å²) in [4.78, 5) is 25.0. The van der Waals surface area contributed by atoms with E-state index in [2.05, 4.69) is 14.7 Å². The average Bonchev–Trinajstić information content (AvgIpc) is 2.73. The summed E-state index contributed by atoms with van der Waals surface area (Å²) in [7, 11) is -2.09. The van der Waals surface area contributed by atoms with Gasteiger partial charge in [-0.25, -0.2) is 27.9 Å². The molecule has 1 fully saturated rings. The van der Waals surface area contributed by atoms with E-state index >= 15 is 0 Å². The first kappa shape index (κ1) is 22.0. The first-order valence-corrected chi connectivity index (χ1v) is 11.2. The van der Waals surface area contributed by atoms with Gasteiger partial charge in [0.25, 0.3) is 0 Å². The van der Waals surface area contributed by atoms with Gasteiger partial charge in [0.1, 0.15) is 5.60 Å². The van der Waals surface area contributed by atoms with Gasteiger partial charge >= 0.3 is 6.09 Å². The number of carbonyl (C=O) groups excluding carboxylic acids is 1. The number of nitrogens with one attached hydrogen (secondary N) is 1. The maximum atomic E-state index is 12.2. The summed E-state index contributed by atoms with van der Waals surface area (Å²) >= 11 is 0. The van der Waals surface area contributed by atoms with E-state index in [4.69, 9.17) is 4.74 Å². The summed E-state index contributed by atoms with van der Waals surface area (Å²) in [5.41, 5.74) is 1.11. The molecule has 30 heavy (non-hydrogen) atoms. The summed E-state index contributed by atoms with van der Waals surface area (Å²) in [6.45, 7) is 7.88. The van der Waals surface area contributed by atoms with Crippen LogP contribution in [0, 0.1) is 0 Å². The Labute approximate surface area is 177 Å². The van der Waals surface area contributed by atoms with Crippen molar-refractivity contribution in [3.05, 3.63) is 36.7 Å². The number of hydrogen-bond donors (Lipinski definition) is 1. The van der Waals surface area contributed by atoms with Crippen LogP contribution in [0.2, 0.25) is 0 Å². The Morgan fingerprint density at radius 1 is 1.00 bits per heavy atom. The van der Waals surface area contributed by atoms with Crippen molar-refractivity contribution in [2.45, 2.75) is 31.3 Å². The molecule has 1 aliphatic rings. The number of amides is 1. The lowest BCUT2D eigenvalue weighted by atomic mass is 10.1. The first-order valence-electron chi connectivity index (χ1n) is 9.68. The number of nitrogens with zero attached hydrogens (tertiary/aromatic N) is 4. The van der Waals surface area contributed by atoms with Crippen molar-refractivity contribution >= 4 is 22.1 Å². The Hall–Kier alpha value is -2.72. The van der Waals surface area contributed by atoms with Crippen LogP contribution in [0.5, 0.6) is 0 Å². The number of piperazine rings is 1. The van der Waals surface area contributed by atoms with Gasteiger partial charge in [-0.05, 0) is 45.5 Å². The molecule has 9 nitrogen and oxygen atoms in total. The molecule has 162 valence electrons. The smallest absolute Gasteiger partial charge is 0.410 e. The second kappa shape index (κ2) is 8.57. The van der Waals surface area contributed by atoms with Crippen molar-refractivity contribution < 1.29 is 17.9 Å². The normalized spacial score (nSPS) is 15.2. The lowest BCUT2D eigenvalue weighted by Crippen LogP contribution is -2.50. The molecule has 0 saturated carbocycles. The Bertz CT molecular complexity index is 977. The van der Waals surface area contributed by atoms with E-state index in [0.29, 0.717) is 32.1 Å². The number of rotatable bonds is 4. The van der Waals surface area contributed by atoms with E-state index in [0.717, 1.165) is 11.1 Å². The van der Waals surface area contributed by atoms with Crippen LogP contribution in [-0.4, -0.2) is 68.2 Å². The van der Waals surface area contributed by atoms with Crippen LogP contribution < -0.4 is 9.62 Å². The van der Waals surface area contributed by atoms with Gasteiger partial charge in [0.05, 0.1) is 4.90 Å². The van der Waals surface area contributed by atoms with Crippen LogP contribution in [0.15, 0.2) is 41.6 Å². The summed E-state index contributed by atoms with van der Waals surface area (Å²) in [5.74, 6) is 0.594. The van der Waals surface area contributed by atoms with E-state index in [-0.39, 0.29) is 11.0 Å². The molecule has 0 unspecified atom stereocenters. The van der Waals surface area contributed by atoms with Gasteiger partial charge < -0.3 is 14.5 Å². The minimum Gasteiger partial charge on any atom is -0.444 e. The van der Waals surface area contributed by atoms with Gasteiger partial charge in [0.15, 0.2) is 0 Å². The van der Waals surface area contributed by atoms with E-state index in [1.165, 1.54) is 7.05 Å². The monoisotopic (exact) mass is 433 g/mol. The maximum Gasteiger partial charge on any atom is 0.410 e. The Morgan fingerprint density at radius 2 is 1.57 bits per heavy atom. The Morgan fingerprint density at radius 3 is 2.07 bits per heavy atom. The summed E-state index contributed by atoms with van der Waals surface area (Å²) in [5, 5.41) is 0. The second-order valence-electron chi connectivity index (χ2n) is 7.96. The fourth-order valence-electron chi connectivity index (χ4n) is 2.99. The Balaban J connectivity index is 1.62. The first-order chi connectivity index (χ1) is 14.1. The zero-order valence-electron chi connectivity index (χ0n) is 17.6. The van der Waals surface area contributed by atoms with Gasteiger partial charge in [-0.1, -0.05) is 12.1 Å². The van der Waals surface area contributed by atoms with Gasteiger partial charge in [-0.2, -0.15) is 0 Å². The third-order valence-corrected chi connectivity index (χ3v) is 6.05. The zero-order valence-corrected chi connectivity index (χ0v) is 18.4. The number of ether oxygens (including phenoxy) is 1. The van der Waals surface area contributed by atoms with Crippen LogP contribution in [0.3, 0.4) is 0 Å². The van der Waals surface area contributed by atoms with Crippen LogP contribution >= 0.6 is 0 Å². The molecular weight excluding hydrogens is 406 g/mol. The van der Waals surface area contributed by atoms with Crippen molar-refractivity contribution in [1.82, 2.24) is 19.6 Å². The molecular formula is C20H27N5O4S. The topological polar surface area (TPSA) is 105 Å². The molecule has 0 bridgehead atoms. The van der Waals surface area contributed by atoms with E-state index in [1.54, 1.807) is 41.6 Å². The van der Waals surface area contributed by atoms with Gasteiger partial charge in [-0.3, -0.25) is 0 Å². The van der Waals surface area contributed by atoms with Gasteiger partial charge in [-0.15, -0.1) is 0 Å². The predicted molar refractivity (Wildman–Crippen MR) is 114 cm³/mol. The highest BCUT2D eigenvalue weighted by molar-refractivity contribution is 7.89. The fraction of sp³-hybridized carbons (Fsp3) is 0.450. The number of aromatic nitrogens is 2. The lowest BCUT2D eigenvalue weighted by molar-refractivity contribution is 0.0240. The summed E-state index contributed by atoms with van der Waals surface area (Å²) in [6, 6.07) is 6.54. The largest absolute Gasteiger partial charge is 0.444 e. The molecule has 1 N–H and O–H groups in total. The van der Waals surface area contributed by atoms with Gasteiger partial charge in [0.2, 0.25) is 16.0 Å². The molecule has 0 atom stereocenters. The average molecular weight is 434 g/mol. The van der Waals surface area contributed by atoms with Crippen molar-refractivity contribution in [1.29, 1.82) is 0 Å². The van der Waals surface area contributed by atoms with Crippen LogP contribution in [0.25, 0.3) is 11.1 Å². The van der Waals surface area contributed by atoms with E-state index in [9.17, 15) is 13.2 Å². The second-order valence-corrected chi connectivity index (χ2v) is 9.84. The number of benzene rings is 1. The molecule has 0 spiro atoms. The fourth-order valence-corrected chi connectivity index (χ4v) is 3.72. The molecule has 2 aromatic rings.